The Labute approximate surface area is 251 Å². The van der Waals surface area contributed by atoms with Crippen LogP contribution in [0.2, 0.25) is 0 Å². The minimum absolute atomic E-state index is 0.143. The number of carbonyl (C=O) groups excluding carboxylic acids is 1. The molecule has 4 aromatic carbocycles. The van der Waals surface area contributed by atoms with Gasteiger partial charge >= 0.3 is 11.7 Å². The highest BCUT2D eigenvalue weighted by atomic mass is 16.3. The largest absolute Gasteiger partial charge is 0.479 e. The van der Waals surface area contributed by atoms with Crippen molar-refractivity contribution in [2.45, 2.75) is 20.8 Å². The van der Waals surface area contributed by atoms with Gasteiger partial charge in [0.05, 0.1) is 22.5 Å². The van der Waals surface area contributed by atoms with Crippen LogP contribution in [0.4, 0.5) is 34.6 Å². The Morgan fingerprint density at radius 3 is 2.09 bits per heavy atom. The van der Waals surface area contributed by atoms with E-state index in [4.69, 9.17) is 0 Å². The van der Waals surface area contributed by atoms with Crippen molar-refractivity contribution in [2.75, 3.05) is 16.0 Å². The maximum atomic E-state index is 13.8. The number of nitrogens with zero attached hydrogens (tertiary/aromatic N) is 4. The monoisotopic (exact) mass is 582 g/mol. The lowest BCUT2D eigenvalue weighted by atomic mass is 9.84. The van der Waals surface area contributed by atoms with E-state index in [0.29, 0.717) is 44.7 Å². The number of carbonyl (C=O) groups is 1. The van der Waals surface area contributed by atoms with E-state index in [1.807, 2.05) is 81.4 Å². The number of aromatic hydroxyl groups is 1. The van der Waals surface area contributed by atoms with Gasteiger partial charge in [0.25, 0.3) is 0 Å². The van der Waals surface area contributed by atoms with Crippen LogP contribution in [0.25, 0.3) is 22.2 Å². The molecule has 44 heavy (non-hydrogen) atoms. The van der Waals surface area contributed by atoms with Crippen molar-refractivity contribution in [1.29, 1.82) is 0 Å². The molecular formula is C33H26N8O3. The molecular weight excluding hydrogens is 556 g/mol. The predicted molar refractivity (Wildman–Crippen MR) is 170 cm³/mol. The van der Waals surface area contributed by atoms with Crippen molar-refractivity contribution in [3.05, 3.63) is 111 Å². The van der Waals surface area contributed by atoms with Gasteiger partial charge in [-0.3, -0.25) is 4.79 Å². The summed E-state index contributed by atoms with van der Waals surface area (Å²) in [5.41, 5.74) is 7.88. The molecule has 0 amide bonds. The summed E-state index contributed by atoms with van der Waals surface area (Å²) in [5.74, 6) is 0.219. The number of nitrogens with one attached hydrogen (secondary N) is 4. The summed E-state index contributed by atoms with van der Waals surface area (Å²) in [5, 5.41) is 20.4. The molecule has 0 bridgehead atoms. The number of aromatic amines is 1. The zero-order valence-corrected chi connectivity index (χ0v) is 24.0. The predicted octanol–water partition coefficient (Wildman–Crippen LogP) is 6.18. The summed E-state index contributed by atoms with van der Waals surface area (Å²) in [6, 6.07) is 22.0. The number of benzene rings is 4. The van der Waals surface area contributed by atoms with Gasteiger partial charge in [0.15, 0.2) is 5.78 Å². The fraction of sp³-hybridized carbons (Fsp3) is 0.0909. The molecule has 6 aromatic rings. The smallest absolute Gasteiger partial charge is 0.345 e. The molecule has 11 nitrogen and oxygen atoms in total. The number of aryl methyl sites for hydroxylation is 3. The molecule has 0 atom stereocenters. The van der Waals surface area contributed by atoms with Crippen molar-refractivity contribution < 1.29 is 9.90 Å². The highest BCUT2D eigenvalue weighted by Gasteiger charge is 2.30. The van der Waals surface area contributed by atoms with Crippen LogP contribution >= 0.6 is 0 Å². The average molecular weight is 583 g/mol. The van der Waals surface area contributed by atoms with Crippen LogP contribution < -0.4 is 21.6 Å². The molecule has 1 aliphatic rings. The Kier molecular flexibility index (Phi) is 6.28. The second kappa shape index (κ2) is 10.3. The second-order valence-corrected chi connectivity index (χ2v) is 10.7. The van der Waals surface area contributed by atoms with Crippen LogP contribution in [0.1, 0.15) is 32.6 Å². The molecule has 0 fully saturated rings. The Balaban J connectivity index is 1.21. The van der Waals surface area contributed by atoms with Gasteiger partial charge in [-0.15, -0.1) is 0 Å². The van der Waals surface area contributed by atoms with E-state index in [1.54, 1.807) is 12.1 Å². The molecule has 0 saturated heterocycles. The molecule has 216 valence electrons. The quantitative estimate of drug-likeness (QED) is 0.153. The van der Waals surface area contributed by atoms with E-state index >= 15 is 0 Å². The van der Waals surface area contributed by atoms with E-state index in [0.717, 1.165) is 28.1 Å². The zero-order valence-electron chi connectivity index (χ0n) is 24.0. The summed E-state index contributed by atoms with van der Waals surface area (Å²) in [6.07, 6.45) is 0. The number of aromatic nitrogens is 5. The van der Waals surface area contributed by atoms with Crippen molar-refractivity contribution in [2.24, 2.45) is 0 Å². The second-order valence-electron chi connectivity index (χ2n) is 10.7. The first-order valence-electron chi connectivity index (χ1n) is 13.9. The molecule has 0 saturated carbocycles. The highest BCUT2D eigenvalue weighted by molar-refractivity contribution is 6.28. The molecule has 0 spiro atoms. The van der Waals surface area contributed by atoms with E-state index in [-0.39, 0.29) is 17.7 Å². The molecule has 0 aliphatic heterocycles. The zero-order chi connectivity index (χ0) is 30.5. The normalized spacial score (nSPS) is 11.8. The Morgan fingerprint density at radius 2 is 1.36 bits per heavy atom. The van der Waals surface area contributed by atoms with Gasteiger partial charge in [0.1, 0.15) is 0 Å². The minimum Gasteiger partial charge on any atom is -0.479 e. The van der Waals surface area contributed by atoms with Gasteiger partial charge in [-0.1, -0.05) is 42.0 Å². The van der Waals surface area contributed by atoms with Crippen LogP contribution in [-0.4, -0.2) is 35.8 Å². The Bertz CT molecular complexity index is 2190. The number of rotatable bonds is 6. The lowest BCUT2D eigenvalue weighted by Crippen LogP contribution is -2.19. The standard InChI is InChI=1S/C33H26N8O3/c1-16-8-10-19(11-9-16)34-30-39-31(41-33(44)40-30)35-20-12-13-23(17(2)14-20)36-24-15-18(3)27-26-25(24)29(42)22-7-5-4-6-21(22)28(26)38-32(43)37-27/h4-15,36H,1-3H3,(H,37,38,43)(H3,34,35,39,40,41,44). The first kappa shape index (κ1) is 26.8. The van der Waals surface area contributed by atoms with Crippen molar-refractivity contribution >= 4 is 51.3 Å². The van der Waals surface area contributed by atoms with Crippen molar-refractivity contribution in [3.63, 3.8) is 0 Å². The van der Waals surface area contributed by atoms with Gasteiger partial charge in [-0.05, 0) is 68.3 Å². The van der Waals surface area contributed by atoms with Crippen molar-refractivity contribution in [3.8, 4) is 17.3 Å². The third-order valence-corrected chi connectivity index (χ3v) is 7.54. The van der Waals surface area contributed by atoms with Crippen LogP contribution in [0.15, 0.2) is 77.6 Å². The summed E-state index contributed by atoms with van der Waals surface area (Å²) in [7, 11) is 0. The molecule has 5 N–H and O–H groups in total. The topological polar surface area (TPSA) is 158 Å². The van der Waals surface area contributed by atoms with E-state index in [9.17, 15) is 14.7 Å². The fourth-order valence-electron chi connectivity index (χ4n) is 5.46. The number of anilines is 6. The summed E-state index contributed by atoms with van der Waals surface area (Å²) >= 11 is 0. The van der Waals surface area contributed by atoms with Crippen LogP contribution in [-0.2, 0) is 0 Å². The molecule has 7 rings (SSSR count). The number of H-pyrrole nitrogens is 1. The van der Waals surface area contributed by atoms with Gasteiger partial charge in [0.2, 0.25) is 11.9 Å². The highest BCUT2D eigenvalue weighted by Crippen LogP contribution is 2.42. The van der Waals surface area contributed by atoms with Crippen LogP contribution in [0, 0.1) is 20.8 Å². The molecule has 0 unspecified atom stereocenters. The van der Waals surface area contributed by atoms with Gasteiger partial charge in [0, 0.05) is 33.6 Å². The average Bonchev–Trinajstić information content (AvgIpc) is 2.99. The van der Waals surface area contributed by atoms with E-state index < -0.39 is 11.7 Å². The maximum absolute atomic E-state index is 13.8. The number of hydrogen-bond donors (Lipinski definition) is 5. The molecule has 2 heterocycles. The first-order valence-corrected chi connectivity index (χ1v) is 13.9. The van der Waals surface area contributed by atoms with Crippen LogP contribution in [0.3, 0.4) is 0 Å². The van der Waals surface area contributed by atoms with Gasteiger partial charge < -0.3 is 26.0 Å². The Hall–Kier alpha value is -6.10. The summed E-state index contributed by atoms with van der Waals surface area (Å²) in [4.78, 5) is 45.7. The SMILES string of the molecule is Cc1ccc(Nc2nc(O)nc(Nc3ccc(Nc4cc(C)c5[nH]c(=O)nc6c5c4C(=O)c4ccccc4-6)c(C)c3)n2)cc1. The number of hydrogen-bond acceptors (Lipinski definition) is 10. The third kappa shape index (κ3) is 4.75. The van der Waals surface area contributed by atoms with E-state index in [2.05, 4.69) is 40.9 Å². The summed E-state index contributed by atoms with van der Waals surface area (Å²) < 4.78 is 0. The molecule has 2 aromatic heterocycles. The lowest BCUT2D eigenvalue weighted by molar-refractivity contribution is 0.104. The maximum Gasteiger partial charge on any atom is 0.345 e. The first-order chi connectivity index (χ1) is 21.2. The van der Waals surface area contributed by atoms with E-state index in [1.165, 1.54) is 0 Å². The van der Waals surface area contributed by atoms with Crippen molar-refractivity contribution in [1.82, 2.24) is 24.9 Å². The number of fused-ring (bicyclic) bond motifs is 2. The van der Waals surface area contributed by atoms with Gasteiger partial charge in [-0.25, -0.2) is 4.79 Å². The van der Waals surface area contributed by atoms with Gasteiger partial charge in [-0.2, -0.15) is 19.9 Å². The lowest BCUT2D eigenvalue weighted by Gasteiger charge is -2.23. The Morgan fingerprint density at radius 1 is 0.682 bits per heavy atom. The molecule has 11 heteroatoms. The molecule has 1 aliphatic carbocycles. The molecule has 0 radical (unpaired) electrons. The minimum atomic E-state index is -0.463. The van der Waals surface area contributed by atoms with Crippen LogP contribution in [0.5, 0.6) is 6.01 Å². The number of ketones is 1. The third-order valence-electron chi connectivity index (χ3n) is 7.54. The summed E-state index contributed by atoms with van der Waals surface area (Å²) in [6.45, 7) is 5.82. The fourth-order valence-corrected chi connectivity index (χ4v) is 5.46.